The minimum atomic E-state index is -0.810. The number of para-hydroxylation sites is 1. The molecule has 2 aliphatic rings. The number of ether oxygens (including phenoxy) is 2. The van der Waals surface area contributed by atoms with Crippen molar-refractivity contribution in [2.75, 3.05) is 23.4 Å². The van der Waals surface area contributed by atoms with Gasteiger partial charge in [-0.3, -0.25) is 9.69 Å². The van der Waals surface area contributed by atoms with Crippen LogP contribution in [0.1, 0.15) is 109 Å². The molecule has 2 aromatic heterocycles. The second kappa shape index (κ2) is 13.3. The van der Waals surface area contributed by atoms with Gasteiger partial charge in [0.1, 0.15) is 22.3 Å². The monoisotopic (exact) mass is 578 g/mol. The highest BCUT2D eigenvalue weighted by molar-refractivity contribution is 6.14. The third kappa shape index (κ3) is 6.07. The number of carbonyl (C=O) groups excluding carboxylic acids is 3. The summed E-state index contributed by atoms with van der Waals surface area (Å²) in [6.07, 6.45) is 8.89. The van der Waals surface area contributed by atoms with Crippen LogP contribution >= 0.6 is 0 Å². The summed E-state index contributed by atoms with van der Waals surface area (Å²) in [5.41, 5.74) is -0.912. The summed E-state index contributed by atoms with van der Waals surface area (Å²) in [6, 6.07) is 8.08. The number of anilines is 2. The molecule has 2 aliphatic carbocycles. The number of furan rings is 1. The van der Waals surface area contributed by atoms with E-state index in [2.05, 4.69) is 5.32 Å². The molecule has 1 aromatic carbocycles. The second-order valence-electron chi connectivity index (χ2n) is 10.9. The van der Waals surface area contributed by atoms with E-state index in [0.717, 1.165) is 51.4 Å². The second-order valence-corrected chi connectivity index (χ2v) is 10.9. The van der Waals surface area contributed by atoms with Crippen LogP contribution in [0.2, 0.25) is 0 Å². The Hall–Kier alpha value is -4.08. The van der Waals surface area contributed by atoms with Crippen molar-refractivity contribution in [3.8, 4) is 0 Å². The molecule has 0 radical (unpaired) electrons. The Labute approximate surface area is 244 Å². The molecule has 2 saturated carbocycles. The summed E-state index contributed by atoms with van der Waals surface area (Å²) < 4.78 is 22.6. The van der Waals surface area contributed by atoms with E-state index < -0.39 is 23.5 Å². The Morgan fingerprint density at radius 3 is 2.14 bits per heavy atom. The maximum atomic E-state index is 14.4. The largest absolute Gasteiger partial charge is 0.462 e. The van der Waals surface area contributed by atoms with Crippen LogP contribution < -0.4 is 15.8 Å². The van der Waals surface area contributed by atoms with E-state index in [1.165, 1.54) is 11.0 Å². The zero-order valence-electron chi connectivity index (χ0n) is 24.2. The van der Waals surface area contributed by atoms with E-state index in [-0.39, 0.29) is 53.8 Å². The Balaban J connectivity index is 1.70. The Bertz CT molecular complexity index is 1490. The first kappa shape index (κ1) is 29.4. The van der Waals surface area contributed by atoms with Crippen molar-refractivity contribution in [3.05, 3.63) is 57.4 Å². The van der Waals surface area contributed by atoms with Gasteiger partial charge in [0.2, 0.25) is 11.8 Å². The molecule has 1 amide bonds. The van der Waals surface area contributed by atoms with Crippen LogP contribution in [0.4, 0.5) is 11.8 Å². The summed E-state index contributed by atoms with van der Waals surface area (Å²) in [4.78, 5) is 55.8. The number of amides is 1. The zero-order chi connectivity index (χ0) is 29.6. The molecule has 224 valence electrons. The van der Waals surface area contributed by atoms with Crippen molar-refractivity contribution in [2.24, 2.45) is 0 Å². The van der Waals surface area contributed by atoms with Crippen molar-refractivity contribution in [3.63, 3.8) is 0 Å². The first-order chi connectivity index (χ1) is 20.4. The summed E-state index contributed by atoms with van der Waals surface area (Å²) in [5, 5.41) is 3.91. The maximum Gasteiger partial charge on any atom is 0.349 e. The number of benzene rings is 1. The molecular weight excluding hydrogens is 540 g/mol. The highest BCUT2D eigenvalue weighted by Gasteiger charge is 2.41. The number of nitrogens with one attached hydrogen (secondary N) is 1. The van der Waals surface area contributed by atoms with E-state index in [1.54, 1.807) is 38.1 Å². The lowest BCUT2D eigenvalue weighted by Crippen LogP contribution is -2.44. The Morgan fingerprint density at radius 1 is 0.857 bits per heavy atom. The van der Waals surface area contributed by atoms with Gasteiger partial charge in [-0.05, 0) is 51.7 Å². The molecular formula is C32H38N2O8. The highest BCUT2D eigenvalue weighted by atomic mass is 16.5. The third-order valence-electron chi connectivity index (χ3n) is 8.04. The number of nitrogens with zero attached hydrogens (tertiary/aromatic N) is 1. The summed E-state index contributed by atoms with van der Waals surface area (Å²) >= 11 is 0. The fourth-order valence-electron chi connectivity index (χ4n) is 6.02. The number of carbonyl (C=O) groups is 3. The molecule has 0 spiro atoms. The minimum absolute atomic E-state index is 0.0207. The molecule has 3 aromatic rings. The van der Waals surface area contributed by atoms with Gasteiger partial charge in [0, 0.05) is 17.5 Å². The van der Waals surface area contributed by atoms with Crippen molar-refractivity contribution < 1.29 is 32.7 Å². The van der Waals surface area contributed by atoms with Gasteiger partial charge in [0.25, 0.3) is 5.91 Å². The van der Waals surface area contributed by atoms with Crippen LogP contribution in [-0.4, -0.2) is 43.1 Å². The molecule has 5 rings (SSSR count). The van der Waals surface area contributed by atoms with Crippen molar-refractivity contribution in [1.29, 1.82) is 0 Å². The van der Waals surface area contributed by atoms with Crippen LogP contribution in [0.25, 0.3) is 11.0 Å². The first-order valence-corrected chi connectivity index (χ1v) is 15.1. The molecule has 42 heavy (non-hydrogen) atoms. The van der Waals surface area contributed by atoms with Crippen LogP contribution in [0, 0.1) is 0 Å². The number of hydrogen-bond donors (Lipinski definition) is 1. The van der Waals surface area contributed by atoms with Gasteiger partial charge in [0.05, 0.1) is 13.2 Å². The van der Waals surface area contributed by atoms with Gasteiger partial charge in [-0.15, -0.1) is 0 Å². The number of esters is 2. The average molecular weight is 579 g/mol. The van der Waals surface area contributed by atoms with Crippen LogP contribution in [0.5, 0.6) is 0 Å². The smallest absolute Gasteiger partial charge is 0.349 e. The summed E-state index contributed by atoms with van der Waals surface area (Å²) in [5.74, 6) is -2.29. The maximum absolute atomic E-state index is 14.4. The Morgan fingerprint density at radius 2 is 1.48 bits per heavy atom. The molecule has 10 heteroatoms. The lowest BCUT2D eigenvalue weighted by molar-refractivity contribution is 0.0481. The predicted molar refractivity (Wildman–Crippen MR) is 157 cm³/mol. The topological polar surface area (TPSA) is 128 Å². The molecule has 1 N–H and O–H groups in total. The fraction of sp³-hybridized carbons (Fsp3) is 0.500. The van der Waals surface area contributed by atoms with Gasteiger partial charge in [-0.2, -0.15) is 0 Å². The van der Waals surface area contributed by atoms with Crippen molar-refractivity contribution >= 4 is 40.6 Å². The Kier molecular flexibility index (Phi) is 9.29. The van der Waals surface area contributed by atoms with Crippen LogP contribution in [0.15, 0.2) is 44.0 Å². The van der Waals surface area contributed by atoms with Crippen LogP contribution in [-0.2, 0) is 9.47 Å². The fourth-order valence-corrected chi connectivity index (χ4v) is 6.02. The zero-order valence-corrected chi connectivity index (χ0v) is 24.2. The lowest BCUT2D eigenvalue weighted by atomic mass is 9.93. The summed E-state index contributed by atoms with van der Waals surface area (Å²) in [7, 11) is 0. The SMILES string of the molecule is CCOC(=O)c1c(NC2CCCCC2)oc(N(C(=O)c2cc3ccccc3oc2=O)C2CCCCC2)c1C(=O)OCC. The molecule has 2 fully saturated rings. The number of fused-ring (bicyclic) bond motifs is 1. The summed E-state index contributed by atoms with van der Waals surface area (Å²) in [6.45, 7) is 3.46. The highest BCUT2D eigenvalue weighted by Crippen LogP contribution is 2.40. The van der Waals surface area contributed by atoms with E-state index in [1.807, 2.05) is 0 Å². The van der Waals surface area contributed by atoms with Gasteiger partial charge < -0.3 is 23.6 Å². The standard InChI is InChI=1S/C32H38N2O8/c1-3-39-31(37)25-26(32(38)40-4-2)29(42-27(25)33-21-14-7-5-8-15-21)34(22-16-9-6-10-17-22)28(35)23-19-20-13-11-12-18-24(20)41-30(23)36/h11-13,18-19,21-22,33H,3-10,14-17H2,1-2H3. The van der Waals surface area contributed by atoms with E-state index in [4.69, 9.17) is 18.3 Å². The lowest BCUT2D eigenvalue weighted by Gasteiger charge is -2.33. The van der Waals surface area contributed by atoms with E-state index >= 15 is 0 Å². The van der Waals surface area contributed by atoms with Gasteiger partial charge in [0.15, 0.2) is 0 Å². The van der Waals surface area contributed by atoms with Gasteiger partial charge in [-0.1, -0.05) is 56.7 Å². The molecule has 0 unspecified atom stereocenters. The minimum Gasteiger partial charge on any atom is -0.462 e. The molecule has 10 nitrogen and oxygen atoms in total. The quantitative estimate of drug-likeness (QED) is 0.225. The molecule has 2 heterocycles. The molecule has 0 aliphatic heterocycles. The number of rotatable bonds is 9. The number of hydrogen-bond acceptors (Lipinski definition) is 9. The van der Waals surface area contributed by atoms with Crippen molar-refractivity contribution in [2.45, 2.75) is 90.1 Å². The predicted octanol–water partition coefficient (Wildman–Crippen LogP) is 6.46. The third-order valence-corrected chi connectivity index (χ3v) is 8.04. The van der Waals surface area contributed by atoms with E-state index in [9.17, 15) is 19.2 Å². The van der Waals surface area contributed by atoms with Gasteiger partial charge >= 0.3 is 17.6 Å². The average Bonchev–Trinajstić information content (AvgIpc) is 3.36. The van der Waals surface area contributed by atoms with Gasteiger partial charge in [-0.25, -0.2) is 14.4 Å². The van der Waals surface area contributed by atoms with Crippen LogP contribution in [0.3, 0.4) is 0 Å². The van der Waals surface area contributed by atoms with Crippen molar-refractivity contribution in [1.82, 2.24) is 0 Å². The first-order valence-electron chi connectivity index (χ1n) is 15.1. The molecule has 0 atom stereocenters. The normalized spacial score (nSPS) is 16.2. The van der Waals surface area contributed by atoms with E-state index in [0.29, 0.717) is 23.8 Å². The molecule has 0 bridgehead atoms. The molecule has 0 saturated heterocycles.